The Morgan fingerprint density at radius 1 is 1.07 bits per heavy atom. The lowest BCUT2D eigenvalue weighted by molar-refractivity contribution is 0.0743. The number of anilines is 2. The maximum Gasteiger partial charge on any atom is 0.319 e. The fraction of sp³-hybridized carbons (Fsp3) is 0.391. The van der Waals surface area contributed by atoms with Crippen molar-refractivity contribution in [2.45, 2.75) is 39.8 Å². The summed E-state index contributed by atoms with van der Waals surface area (Å²) in [4.78, 5) is 28.8. The number of urea groups is 1. The molecule has 0 saturated heterocycles. The molecule has 0 saturated carbocycles. The molecule has 0 spiro atoms. The lowest BCUT2D eigenvalue weighted by Crippen LogP contribution is -2.34. The Balaban J connectivity index is 2.30. The summed E-state index contributed by atoms with van der Waals surface area (Å²) in [5.41, 5.74) is 2.96. The van der Waals surface area contributed by atoms with E-state index in [0.29, 0.717) is 24.3 Å². The van der Waals surface area contributed by atoms with Gasteiger partial charge in [0, 0.05) is 50.2 Å². The standard InChI is InChI=1S/C23H31FN4O2/c1-6-13-28(22(29)17-7-9-19(24)10-8-17)15-18-14-20(11-12-21(18)27(4)5)26-23(30)25-16(2)3/h7-12,14,16H,6,13,15H2,1-5H3,(H2,25,26,30). The number of amides is 3. The van der Waals surface area contributed by atoms with Crippen LogP contribution in [0, 0.1) is 5.82 Å². The van der Waals surface area contributed by atoms with Crippen LogP contribution in [0.5, 0.6) is 0 Å². The average Bonchev–Trinajstić information content (AvgIpc) is 2.67. The highest BCUT2D eigenvalue weighted by atomic mass is 19.1. The zero-order valence-corrected chi connectivity index (χ0v) is 18.3. The molecule has 2 rings (SSSR count). The molecule has 2 aromatic carbocycles. The largest absolute Gasteiger partial charge is 0.377 e. The molecular formula is C23H31FN4O2. The maximum absolute atomic E-state index is 13.2. The Bertz CT molecular complexity index is 866. The molecule has 2 aromatic rings. The summed E-state index contributed by atoms with van der Waals surface area (Å²) in [5.74, 6) is -0.528. The van der Waals surface area contributed by atoms with Gasteiger partial charge in [-0.3, -0.25) is 4.79 Å². The van der Waals surface area contributed by atoms with E-state index < -0.39 is 0 Å². The van der Waals surface area contributed by atoms with E-state index in [1.54, 1.807) is 4.90 Å². The molecule has 0 aliphatic carbocycles. The van der Waals surface area contributed by atoms with Crippen molar-refractivity contribution in [3.63, 3.8) is 0 Å². The summed E-state index contributed by atoms with van der Waals surface area (Å²) >= 11 is 0. The molecule has 162 valence electrons. The van der Waals surface area contributed by atoms with Gasteiger partial charge in [-0.15, -0.1) is 0 Å². The molecule has 2 N–H and O–H groups in total. The van der Waals surface area contributed by atoms with Crippen LogP contribution in [0.15, 0.2) is 42.5 Å². The van der Waals surface area contributed by atoms with Crippen LogP contribution in [-0.4, -0.2) is 43.5 Å². The van der Waals surface area contributed by atoms with E-state index in [2.05, 4.69) is 10.6 Å². The van der Waals surface area contributed by atoms with E-state index in [0.717, 1.165) is 17.7 Å². The second kappa shape index (κ2) is 10.6. The van der Waals surface area contributed by atoms with Gasteiger partial charge in [-0.1, -0.05) is 6.92 Å². The molecule has 0 bridgehead atoms. The van der Waals surface area contributed by atoms with Crippen molar-refractivity contribution in [2.24, 2.45) is 0 Å². The van der Waals surface area contributed by atoms with Gasteiger partial charge in [0.2, 0.25) is 0 Å². The summed E-state index contributed by atoms with van der Waals surface area (Å²) in [7, 11) is 3.87. The van der Waals surface area contributed by atoms with Crippen molar-refractivity contribution >= 4 is 23.3 Å². The second-order valence-electron chi connectivity index (χ2n) is 7.72. The van der Waals surface area contributed by atoms with Crippen molar-refractivity contribution in [2.75, 3.05) is 30.9 Å². The van der Waals surface area contributed by atoms with E-state index in [1.165, 1.54) is 24.3 Å². The maximum atomic E-state index is 13.2. The van der Waals surface area contributed by atoms with Gasteiger partial charge in [0.1, 0.15) is 5.82 Å². The zero-order chi connectivity index (χ0) is 22.3. The van der Waals surface area contributed by atoms with E-state index >= 15 is 0 Å². The number of nitrogens with zero attached hydrogens (tertiary/aromatic N) is 2. The van der Waals surface area contributed by atoms with Gasteiger partial charge in [-0.2, -0.15) is 0 Å². The number of benzene rings is 2. The molecular weight excluding hydrogens is 383 g/mol. The Kier molecular flexibility index (Phi) is 8.21. The second-order valence-corrected chi connectivity index (χ2v) is 7.72. The lowest BCUT2D eigenvalue weighted by atomic mass is 10.1. The molecule has 0 aromatic heterocycles. The predicted octanol–water partition coefficient (Wildman–Crippen LogP) is 4.47. The molecule has 7 heteroatoms. The molecule has 0 heterocycles. The summed E-state index contributed by atoms with van der Waals surface area (Å²) in [6.07, 6.45) is 0.791. The first-order valence-corrected chi connectivity index (χ1v) is 10.1. The van der Waals surface area contributed by atoms with Crippen molar-refractivity contribution in [3.05, 3.63) is 59.4 Å². The third kappa shape index (κ3) is 6.47. The highest BCUT2D eigenvalue weighted by Crippen LogP contribution is 2.25. The van der Waals surface area contributed by atoms with Crippen molar-refractivity contribution in [1.82, 2.24) is 10.2 Å². The van der Waals surface area contributed by atoms with Crippen molar-refractivity contribution in [3.8, 4) is 0 Å². The Hall–Kier alpha value is -3.09. The highest BCUT2D eigenvalue weighted by Gasteiger charge is 2.18. The minimum absolute atomic E-state index is 0.0268. The Morgan fingerprint density at radius 3 is 2.30 bits per heavy atom. The number of carbonyl (C=O) groups is 2. The molecule has 0 aliphatic heterocycles. The van der Waals surface area contributed by atoms with Gasteiger partial charge in [-0.05, 0) is 68.3 Å². The van der Waals surface area contributed by atoms with Crippen molar-refractivity contribution in [1.29, 1.82) is 0 Å². The van der Waals surface area contributed by atoms with Gasteiger partial charge in [0.25, 0.3) is 5.91 Å². The summed E-state index contributed by atoms with van der Waals surface area (Å²) in [5, 5.41) is 5.64. The molecule has 6 nitrogen and oxygen atoms in total. The number of halogens is 1. The minimum atomic E-state index is -0.373. The third-order valence-corrected chi connectivity index (χ3v) is 4.47. The van der Waals surface area contributed by atoms with Crippen LogP contribution in [0.1, 0.15) is 43.1 Å². The molecule has 0 fully saturated rings. The Morgan fingerprint density at radius 2 is 1.73 bits per heavy atom. The van der Waals surface area contributed by atoms with Crippen LogP contribution in [0.2, 0.25) is 0 Å². The Labute approximate surface area is 178 Å². The van der Waals surface area contributed by atoms with Crippen LogP contribution in [0.4, 0.5) is 20.6 Å². The van der Waals surface area contributed by atoms with E-state index in [4.69, 9.17) is 0 Å². The van der Waals surface area contributed by atoms with E-state index in [9.17, 15) is 14.0 Å². The van der Waals surface area contributed by atoms with Gasteiger partial charge >= 0.3 is 6.03 Å². The molecule has 30 heavy (non-hydrogen) atoms. The fourth-order valence-electron chi connectivity index (χ4n) is 3.16. The first kappa shape index (κ1) is 23.2. The van der Waals surface area contributed by atoms with Crippen molar-refractivity contribution < 1.29 is 14.0 Å². The first-order valence-electron chi connectivity index (χ1n) is 10.1. The monoisotopic (exact) mass is 414 g/mol. The van der Waals surface area contributed by atoms with Gasteiger partial charge < -0.3 is 20.4 Å². The molecule has 0 atom stereocenters. The lowest BCUT2D eigenvalue weighted by Gasteiger charge is -2.26. The summed E-state index contributed by atoms with van der Waals surface area (Å²) < 4.78 is 13.2. The predicted molar refractivity (Wildman–Crippen MR) is 119 cm³/mol. The SMILES string of the molecule is CCCN(Cc1cc(NC(=O)NC(C)C)ccc1N(C)C)C(=O)c1ccc(F)cc1. The number of carbonyl (C=O) groups excluding carboxylic acids is 2. The highest BCUT2D eigenvalue weighted by molar-refractivity contribution is 5.94. The van der Waals surface area contributed by atoms with Gasteiger partial charge in [0.15, 0.2) is 0 Å². The van der Waals surface area contributed by atoms with Crippen LogP contribution in [0.3, 0.4) is 0 Å². The number of hydrogen-bond acceptors (Lipinski definition) is 3. The first-order chi connectivity index (χ1) is 14.2. The quantitative estimate of drug-likeness (QED) is 0.670. The van der Waals surface area contributed by atoms with Crippen LogP contribution in [-0.2, 0) is 6.54 Å². The topological polar surface area (TPSA) is 64.7 Å². The summed E-state index contributed by atoms with van der Waals surface area (Å²) in [6.45, 7) is 6.73. The van der Waals surface area contributed by atoms with E-state index in [1.807, 2.05) is 58.0 Å². The van der Waals surface area contributed by atoms with Crippen LogP contribution >= 0.6 is 0 Å². The van der Waals surface area contributed by atoms with E-state index in [-0.39, 0.29) is 23.8 Å². The summed E-state index contributed by atoms with van der Waals surface area (Å²) in [6, 6.07) is 11.0. The zero-order valence-electron chi connectivity index (χ0n) is 18.3. The average molecular weight is 415 g/mol. The minimum Gasteiger partial charge on any atom is -0.377 e. The molecule has 0 unspecified atom stereocenters. The number of nitrogens with one attached hydrogen (secondary N) is 2. The molecule has 0 radical (unpaired) electrons. The smallest absolute Gasteiger partial charge is 0.319 e. The third-order valence-electron chi connectivity index (χ3n) is 4.47. The molecule has 0 aliphatic rings. The number of rotatable bonds is 8. The normalized spacial score (nSPS) is 10.6. The van der Waals surface area contributed by atoms with Gasteiger partial charge in [0.05, 0.1) is 0 Å². The fourth-order valence-corrected chi connectivity index (χ4v) is 3.16. The van der Waals surface area contributed by atoms with Crippen LogP contribution in [0.25, 0.3) is 0 Å². The van der Waals surface area contributed by atoms with Gasteiger partial charge in [-0.25, -0.2) is 9.18 Å². The van der Waals surface area contributed by atoms with Crippen LogP contribution < -0.4 is 15.5 Å². The molecule has 3 amide bonds. The number of hydrogen-bond donors (Lipinski definition) is 2.